The van der Waals surface area contributed by atoms with Crippen molar-refractivity contribution >= 4 is 28.2 Å². The van der Waals surface area contributed by atoms with Gasteiger partial charge in [-0.1, -0.05) is 12.8 Å². The van der Waals surface area contributed by atoms with E-state index in [1.807, 2.05) is 0 Å². The van der Waals surface area contributed by atoms with Crippen molar-refractivity contribution in [2.75, 3.05) is 18.5 Å². The largest absolute Gasteiger partial charge is 0.394 e. The molecule has 2 amide bonds. The molecule has 2 heterocycles. The highest BCUT2D eigenvalue weighted by Crippen LogP contribution is 2.26. The van der Waals surface area contributed by atoms with Crippen LogP contribution in [0.15, 0.2) is 12.1 Å². The lowest BCUT2D eigenvalue weighted by Crippen LogP contribution is -2.41. The Labute approximate surface area is 122 Å². The fourth-order valence-electron chi connectivity index (χ4n) is 2.47. The molecule has 0 saturated carbocycles. The van der Waals surface area contributed by atoms with E-state index >= 15 is 0 Å². The number of carbonyl (C=O) groups is 2. The van der Waals surface area contributed by atoms with Crippen molar-refractivity contribution in [2.45, 2.75) is 38.6 Å². The van der Waals surface area contributed by atoms with Gasteiger partial charge in [0.25, 0.3) is 5.91 Å². The van der Waals surface area contributed by atoms with E-state index in [0.29, 0.717) is 16.4 Å². The smallest absolute Gasteiger partial charge is 0.264 e. The van der Waals surface area contributed by atoms with Gasteiger partial charge in [0.05, 0.1) is 22.5 Å². The molecule has 1 aromatic rings. The summed E-state index contributed by atoms with van der Waals surface area (Å²) in [5.41, 5.74) is 0. The summed E-state index contributed by atoms with van der Waals surface area (Å²) in [5.74, 6) is -0.193. The fourth-order valence-corrected chi connectivity index (χ4v) is 3.38. The molecule has 110 valence electrons. The van der Waals surface area contributed by atoms with E-state index in [9.17, 15) is 14.7 Å². The second-order valence-electron chi connectivity index (χ2n) is 5.03. The first-order chi connectivity index (χ1) is 9.61. The van der Waals surface area contributed by atoms with Gasteiger partial charge in [0, 0.05) is 13.5 Å². The van der Waals surface area contributed by atoms with Crippen molar-refractivity contribution < 1.29 is 14.7 Å². The molecule has 1 aromatic heterocycles. The lowest BCUT2D eigenvalue weighted by molar-refractivity contribution is -0.114. The van der Waals surface area contributed by atoms with Crippen LogP contribution in [0.4, 0.5) is 5.00 Å². The van der Waals surface area contributed by atoms with E-state index in [2.05, 4.69) is 5.32 Å². The molecular formula is C14H20N2O3S. The van der Waals surface area contributed by atoms with Crippen LogP contribution in [0.3, 0.4) is 0 Å². The fraction of sp³-hybridized carbons (Fsp3) is 0.571. The Hall–Kier alpha value is -1.40. The lowest BCUT2D eigenvalue weighted by atomic mass is 10.1. The molecule has 1 aliphatic rings. The van der Waals surface area contributed by atoms with Gasteiger partial charge in [0.15, 0.2) is 0 Å². The Balaban J connectivity index is 2.11. The molecule has 1 unspecified atom stereocenters. The summed E-state index contributed by atoms with van der Waals surface area (Å²) in [6, 6.07) is 3.39. The van der Waals surface area contributed by atoms with Gasteiger partial charge in [0.1, 0.15) is 0 Å². The number of nitrogens with one attached hydrogen (secondary N) is 1. The Kier molecular flexibility index (Phi) is 5.14. The number of carbonyl (C=O) groups excluding carboxylic acids is 2. The van der Waals surface area contributed by atoms with Crippen LogP contribution < -0.4 is 5.32 Å². The highest BCUT2D eigenvalue weighted by molar-refractivity contribution is 7.18. The monoisotopic (exact) mass is 296 g/mol. The normalized spacial score (nSPS) is 19.5. The van der Waals surface area contributed by atoms with Gasteiger partial charge in [-0.05, 0) is 25.0 Å². The number of nitrogens with zero attached hydrogens (tertiary/aromatic N) is 1. The van der Waals surface area contributed by atoms with Crippen molar-refractivity contribution in [3.63, 3.8) is 0 Å². The molecule has 0 aliphatic carbocycles. The zero-order valence-corrected chi connectivity index (χ0v) is 12.4. The maximum Gasteiger partial charge on any atom is 0.264 e. The Morgan fingerprint density at radius 2 is 2.20 bits per heavy atom. The van der Waals surface area contributed by atoms with Crippen molar-refractivity contribution in [1.82, 2.24) is 4.90 Å². The third-order valence-corrected chi connectivity index (χ3v) is 4.45. The number of thiophene rings is 1. The molecule has 2 rings (SSSR count). The van der Waals surface area contributed by atoms with Crippen LogP contribution in [-0.4, -0.2) is 41.0 Å². The predicted octanol–water partition coefficient (Wildman–Crippen LogP) is 2.08. The van der Waals surface area contributed by atoms with Crippen molar-refractivity contribution in [3.05, 3.63) is 17.0 Å². The third kappa shape index (κ3) is 3.58. The summed E-state index contributed by atoms with van der Waals surface area (Å²) in [6.07, 6.45) is 3.98. The zero-order valence-electron chi connectivity index (χ0n) is 11.6. The van der Waals surface area contributed by atoms with Gasteiger partial charge in [0.2, 0.25) is 5.91 Å². The standard InChI is InChI=1S/C14H20N2O3S/c1-10(18)15-13-7-6-12(20-13)14(19)16-8-4-2-3-5-11(16)9-17/h6-7,11,17H,2-5,8-9H2,1H3,(H,15,18). The first-order valence-electron chi connectivity index (χ1n) is 6.91. The molecule has 0 spiro atoms. The van der Waals surface area contributed by atoms with Crippen LogP contribution in [0.5, 0.6) is 0 Å². The van der Waals surface area contributed by atoms with Gasteiger partial charge in [-0.3, -0.25) is 9.59 Å². The Morgan fingerprint density at radius 3 is 2.90 bits per heavy atom. The van der Waals surface area contributed by atoms with Gasteiger partial charge in [-0.25, -0.2) is 0 Å². The molecule has 1 saturated heterocycles. The highest BCUT2D eigenvalue weighted by atomic mass is 32.1. The van der Waals surface area contributed by atoms with E-state index in [4.69, 9.17) is 0 Å². The first-order valence-corrected chi connectivity index (χ1v) is 7.72. The van der Waals surface area contributed by atoms with Crippen molar-refractivity contribution in [3.8, 4) is 0 Å². The van der Waals surface area contributed by atoms with Gasteiger partial charge in [-0.15, -0.1) is 11.3 Å². The lowest BCUT2D eigenvalue weighted by Gasteiger charge is -2.28. The molecule has 5 nitrogen and oxygen atoms in total. The van der Waals surface area contributed by atoms with E-state index < -0.39 is 0 Å². The molecule has 2 N–H and O–H groups in total. The summed E-state index contributed by atoms with van der Waals surface area (Å²) >= 11 is 1.28. The second kappa shape index (κ2) is 6.85. The number of aliphatic hydroxyl groups excluding tert-OH is 1. The third-order valence-electron chi connectivity index (χ3n) is 3.46. The van der Waals surface area contributed by atoms with Crippen LogP contribution in [0.2, 0.25) is 0 Å². The van der Waals surface area contributed by atoms with Crippen LogP contribution in [0, 0.1) is 0 Å². The number of amides is 2. The van der Waals surface area contributed by atoms with Crippen LogP contribution in [-0.2, 0) is 4.79 Å². The second-order valence-corrected chi connectivity index (χ2v) is 6.11. The number of anilines is 1. The zero-order chi connectivity index (χ0) is 14.5. The molecule has 6 heteroatoms. The topological polar surface area (TPSA) is 69.6 Å². The number of aliphatic hydroxyl groups is 1. The van der Waals surface area contributed by atoms with Gasteiger partial charge < -0.3 is 15.3 Å². The van der Waals surface area contributed by atoms with Crippen LogP contribution >= 0.6 is 11.3 Å². The molecule has 0 radical (unpaired) electrons. The number of likely N-dealkylation sites (tertiary alicyclic amines) is 1. The minimum absolute atomic E-state index is 0.00959. The molecule has 1 aliphatic heterocycles. The number of hydrogen-bond acceptors (Lipinski definition) is 4. The Morgan fingerprint density at radius 1 is 1.40 bits per heavy atom. The summed E-state index contributed by atoms with van der Waals surface area (Å²) in [4.78, 5) is 25.9. The van der Waals surface area contributed by atoms with Crippen LogP contribution in [0.25, 0.3) is 0 Å². The van der Waals surface area contributed by atoms with Gasteiger partial charge in [-0.2, -0.15) is 0 Å². The molecule has 1 atom stereocenters. The van der Waals surface area contributed by atoms with E-state index in [0.717, 1.165) is 25.7 Å². The Bertz CT molecular complexity index is 487. The number of hydrogen-bond donors (Lipinski definition) is 2. The molecule has 0 aromatic carbocycles. The summed E-state index contributed by atoms with van der Waals surface area (Å²) in [5, 5.41) is 12.8. The van der Waals surface area contributed by atoms with Crippen LogP contribution in [0.1, 0.15) is 42.3 Å². The van der Waals surface area contributed by atoms with Crippen molar-refractivity contribution in [1.29, 1.82) is 0 Å². The summed E-state index contributed by atoms with van der Waals surface area (Å²) in [6.45, 7) is 2.14. The first kappa shape index (κ1) is 15.0. The maximum absolute atomic E-state index is 12.5. The molecule has 1 fully saturated rings. The number of rotatable bonds is 3. The summed E-state index contributed by atoms with van der Waals surface area (Å²) in [7, 11) is 0. The molecule has 0 bridgehead atoms. The predicted molar refractivity (Wildman–Crippen MR) is 79.0 cm³/mol. The quantitative estimate of drug-likeness (QED) is 0.897. The minimum atomic E-state index is -0.145. The minimum Gasteiger partial charge on any atom is -0.394 e. The SMILES string of the molecule is CC(=O)Nc1ccc(C(=O)N2CCCCCC2CO)s1. The van der Waals surface area contributed by atoms with E-state index in [1.165, 1.54) is 18.3 Å². The van der Waals surface area contributed by atoms with Gasteiger partial charge >= 0.3 is 0 Å². The maximum atomic E-state index is 12.5. The van der Waals surface area contributed by atoms with E-state index in [-0.39, 0.29) is 24.5 Å². The average molecular weight is 296 g/mol. The van der Waals surface area contributed by atoms with Crippen molar-refractivity contribution in [2.24, 2.45) is 0 Å². The summed E-state index contributed by atoms with van der Waals surface area (Å²) < 4.78 is 0. The average Bonchev–Trinajstić information content (AvgIpc) is 2.74. The van der Waals surface area contributed by atoms with E-state index in [1.54, 1.807) is 17.0 Å². The highest BCUT2D eigenvalue weighted by Gasteiger charge is 2.26. The molecular weight excluding hydrogens is 276 g/mol. The molecule has 20 heavy (non-hydrogen) atoms.